The van der Waals surface area contributed by atoms with Gasteiger partial charge in [0.1, 0.15) is 5.76 Å². The van der Waals surface area contributed by atoms with Crippen molar-refractivity contribution in [1.82, 2.24) is 15.2 Å². The number of carbonyl (C=O) groups excluding carboxylic acids is 2. The van der Waals surface area contributed by atoms with Crippen LogP contribution in [-0.4, -0.2) is 48.5 Å². The van der Waals surface area contributed by atoms with Crippen LogP contribution in [0, 0.1) is 0 Å². The van der Waals surface area contributed by atoms with E-state index in [9.17, 15) is 9.59 Å². The first kappa shape index (κ1) is 19.4. The topological polar surface area (TPSA) is 84.7 Å². The van der Waals surface area contributed by atoms with Gasteiger partial charge in [-0.1, -0.05) is 6.07 Å². The van der Waals surface area contributed by atoms with E-state index in [1.807, 2.05) is 18.2 Å². The molecule has 2 heterocycles. The first-order valence-electron chi connectivity index (χ1n) is 8.35. The van der Waals surface area contributed by atoms with Gasteiger partial charge in [0.05, 0.1) is 25.1 Å². The fourth-order valence-electron chi connectivity index (χ4n) is 2.23. The molecule has 0 aliphatic rings. The molecule has 0 aliphatic heterocycles. The van der Waals surface area contributed by atoms with Crippen LogP contribution in [0.15, 0.2) is 53.3 Å². The minimum atomic E-state index is -0.276. The molecular weight excluding hydrogens is 334 g/mol. The number of hydrogen-bond acceptors (Lipinski definition) is 5. The summed E-state index contributed by atoms with van der Waals surface area (Å²) >= 11 is 0. The van der Waals surface area contributed by atoms with Gasteiger partial charge in [-0.25, -0.2) is 0 Å². The second-order valence-corrected chi connectivity index (χ2v) is 5.52. The zero-order valence-electron chi connectivity index (χ0n) is 14.8. The number of nitrogens with one attached hydrogen (secondary N) is 1. The van der Waals surface area contributed by atoms with Crippen LogP contribution in [0.25, 0.3) is 6.08 Å². The van der Waals surface area contributed by atoms with Crippen LogP contribution in [0.4, 0.5) is 0 Å². The molecule has 0 unspecified atom stereocenters. The molecule has 1 N–H and O–H groups in total. The highest BCUT2D eigenvalue weighted by atomic mass is 16.5. The lowest BCUT2D eigenvalue weighted by atomic mass is 10.3. The zero-order chi connectivity index (χ0) is 18.6. The van der Waals surface area contributed by atoms with E-state index in [1.54, 1.807) is 36.4 Å². The van der Waals surface area contributed by atoms with Gasteiger partial charge in [0.2, 0.25) is 11.8 Å². The molecule has 26 heavy (non-hydrogen) atoms. The monoisotopic (exact) mass is 357 g/mol. The molecule has 2 aromatic heterocycles. The summed E-state index contributed by atoms with van der Waals surface area (Å²) in [5.41, 5.74) is 0.808. The van der Waals surface area contributed by atoms with E-state index in [0.717, 1.165) is 5.69 Å². The summed E-state index contributed by atoms with van der Waals surface area (Å²) in [6, 6.07) is 9.07. The van der Waals surface area contributed by atoms with E-state index in [4.69, 9.17) is 9.15 Å². The quantitative estimate of drug-likeness (QED) is 0.656. The summed E-state index contributed by atoms with van der Waals surface area (Å²) in [6.45, 7) is 1.58. The lowest BCUT2D eigenvalue weighted by Gasteiger charge is -2.22. The van der Waals surface area contributed by atoms with E-state index in [1.165, 1.54) is 12.3 Å². The van der Waals surface area contributed by atoms with Gasteiger partial charge in [0.15, 0.2) is 0 Å². The van der Waals surface area contributed by atoms with Crippen LogP contribution in [-0.2, 0) is 20.9 Å². The molecule has 0 radical (unpaired) electrons. The highest BCUT2D eigenvalue weighted by Crippen LogP contribution is 2.04. The fraction of sp³-hybridized carbons (Fsp3) is 0.316. The number of nitrogens with zero attached hydrogens (tertiary/aromatic N) is 2. The van der Waals surface area contributed by atoms with Crippen molar-refractivity contribution < 1.29 is 18.7 Å². The molecule has 0 fully saturated rings. The zero-order valence-corrected chi connectivity index (χ0v) is 14.8. The maximum absolute atomic E-state index is 12.4. The fourth-order valence-corrected chi connectivity index (χ4v) is 2.23. The molecule has 0 spiro atoms. The van der Waals surface area contributed by atoms with E-state index >= 15 is 0 Å². The van der Waals surface area contributed by atoms with Gasteiger partial charge >= 0.3 is 0 Å². The third-order valence-electron chi connectivity index (χ3n) is 3.58. The van der Waals surface area contributed by atoms with E-state index in [0.29, 0.717) is 25.5 Å². The number of hydrogen-bond donors (Lipinski definition) is 1. The molecule has 2 rings (SSSR count). The van der Waals surface area contributed by atoms with Crippen molar-refractivity contribution in [3.8, 4) is 0 Å². The average molecular weight is 357 g/mol. The van der Waals surface area contributed by atoms with Gasteiger partial charge in [-0.2, -0.15) is 0 Å². The van der Waals surface area contributed by atoms with Crippen molar-refractivity contribution in [2.45, 2.75) is 13.0 Å². The Kier molecular flexibility index (Phi) is 8.08. The first-order chi connectivity index (χ1) is 12.7. The minimum absolute atomic E-state index is 0.0667. The molecule has 138 valence electrons. The maximum Gasteiger partial charge on any atom is 0.244 e. The Morgan fingerprint density at radius 3 is 2.88 bits per heavy atom. The summed E-state index contributed by atoms with van der Waals surface area (Å²) in [7, 11) is 1.59. The number of carbonyl (C=O) groups is 2. The molecule has 7 heteroatoms. The van der Waals surface area contributed by atoms with Crippen LogP contribution in [0.1, 0.15) is 17.9 Å². The van der Waals surface area contributed by atoms with E-state index < -0.39 is 0 Å². The van der Waals surface area contributed by atoms with Crippen LogP contribution < -0.4 is 5.32 Å². The lowest BCUT2D eigenvalue weighted by molar-refractivity contribution is -0.132. The molecule has 2 aromatic rings. The molecule has 0 aliphatic carbocycles. The SMILES string of the molecule is COCCN(Cc1ccccn1)C(=O)CCNC(=O)/C=C/c1ccco1. The number of furan rings is 1. The molecule has 0 saturated carbocycles. The number of aromatic nitrogens is 1. The summed E-state index contributed by atoms with van der Waals surface area (Å²) in [5, 5.41) is 2.69. The molecule has 2 amide bonds. The highest BCUT2D eigenvalue weighted by molar-refractivity contribution is 5.91. The van der Waals surface area contributed by atoms with Gasteiger partial charge < -0.3 is 19.4 Å². The maximum atomic E-state index is 12.4. The molecular formula is C19H23N3O4. The molecule has 0 aromatic carbocycles. The van der Waals surface area contributed by atoms with Crippen molar-refractivity contribution in [1.29, 1.82) is 0 Å². The molecule has 7 nitrogen and oxygen atoms in total. The second kappa shape index (κ2) is 10.8. The predicted molar refractivity (Wildman–Crippen MR) is 96.9 cm³/mol. The number of methoxy groups -OCH3 is 1. The van der Waals surface area contributed by atoms with Gasteiger partial charge in [0, 0.05) is 38.9 Å². The Hall–Kier alpha value is -2.93. The summed E-state index contributed by atoms with van der Waals surface area (Å²) < 4.78 is 10.2. The number of ether oxygens (including phenoxy) is 1. The van der Waals surface area contributed by atoms with E-state index in [-0.39, 0.29) is 24.8 Å². The molecule has 0 atom stereocenters. The highest BCUT2D eigenvalue weighted by Gasteiger charge is 2.14. The summed E-state index contributed by atoms with van der Waals surface area (Å²) in [4.78, 5) is 30.1. The Morgan fingerprint density at radius 1 is 1.31 bits per heavy atom. The largest absolute Gasteiger partial charge is 0.465 e. The predicted octanol–water partition coefficient (Wildman–Crippen LogP) is 1.87. The third kappa shape index (κ3) is 6.90. The average Bonchev–Trinajstić information content (AvgIpc) is 3.18. The Labute approximate surface area is 152 Å². The normalized spacial score (nSPS) is 10.8. The van der Waals surface area contributed by atoms with Crippen LogP contribution >= 0.6 is 0 Å². The van der Waals surface area contributed by atoms with E-state index in [2.05, 4.69) is 10.3 Å². The van der Waals surface area contributed by atoms with Crippen molar-refractivity contribution in [3.63, 3.8) is 0 Å². The summed E-state index contributed by atoms with van der Waals surface area (Å²) in [6.07, 6.45) is 6.38. The van der Waals surface area contributed by atoms with Gasteiger partial charge in [-0.3, -0.25) is 14.6 Å². The first-order valence-corrected chi connectivity index (χ1v) is 8.35. The van der Waals surface area contributed by atoms with Gasteiger partial charge in [-0.15, -0.1) is 0 Å². The number of rotatable bonds is 10. The van der Waals surface area contributed by atoms with Crippen LogP contribution in [0.5, 0.6) is 0 Å². The van der Waals surface area contributed by atoms with Crippen molar-refractivity contribution in [2.75, 3.05) is 26.8 Å². The van der Waals surface area contributed by atoms with Crippen molar-refractivity contribution >= 4 is 17.9 Å². The second-order valence-electron chi connectivity index (χ2n) is 5.52. The molecule has 0 saturated heterocycles. The van der Waals surface area contributed by atoms with Crippen LogP contribution in [0.3, 0.4) is 0 Å². The standard InChI is InChI=1S/C19H23N3O4/c1-25-14-12-22(15-16-5-2-3-10-20-16)19(24)9-11-21-18(23)8-7-17-6-4-13-26-17/h2-8,10,13H,9,11-12,14-15H2,1H3,(H,21,23)/b8-7+. The smallest absolute Gasteiger partial charge is 0.244 e. The Balaban J connectivity index is 1.79. The lowest BCUT2D eigenvalue weighted by Crippen LogP contribution is -2.36. The van der Waals surface area contributed by atoms with Gasteiger partial charge in [0.25, 0.3) is 0 Å². The summed E-state index contributed by atoms with van der Waals surface area (Å²) in [5.74, 6) is 0.253. The van der Waals surface area contributed by atoms with Crippen molar-refractivity contribution in [3.05, 3.63) is 60.3 Å². The number of pyridine rings is 1. The minimum Gasteiger partial charge on any atom is -0.465 e. The third-order valence-corrected chi connectivity index (χ3v) is 3.58. The Bertz CT molecular complexity index is 699. The van der Waals surface area contributed by atoms with Crippen LogP contribution in [0.2, 0.25) is 0 Å². The molecule has 0 bridgehead atoms. The van der Waals surface area contributed by atoms with Gasteiger partial charge in [-0.05, 0) is 30.3 Å². The number of amides is 2. The van der Waals surface area contributed by atoms with Crippen molar-refractivity contribution in [2.24, 2.45) is 0 Å². The Morgan fingerprint density at radius 2 is 2.19 bits per heavy atom.